The largest absolute Gasteiger partial charge is 0.396 e. The fraction of sp³-hybridized carbons (Fsp3) is 0.902. The Balaban J connectivity index is 1.01. The van der Waals surface area contributed by atoms with Gasteiger partial charge in [-0.3, -0.25) is 4.79 Å². The van der Waals surface area contributed by atoms with Crippen LogP contribution in [0, 0.1) is 46.3 Å². The van der Waals surface area contributed by atoms with E-state index in [4.69, 9.17) is 37.9 Å². The van der Waals surface area contributed by atoms with E-state index in [1.54, 1.807) is 0 Å². The molecule has 4 heterocycles. The van der Waals surface area contributed by atoms with Crippen LogP contribution in [0.5, 0.6) is 0 Å². The Kier molecular flexibility index (Phi) is 18.6. The van der Waals surface area contributed by atoms with Gasteiger partial charge in [0.2, 0.25) is 0 Å². The molecule has 7 fully saturated rings. The summed E-state index contributed by atoms with van der Waals surface area (Å²) in [5, 5.41) is 151. The van der Waals surface area contributed by atoms with Crippen LogP contribution < -0.4 is 0 Å². The van der Waals surface area contributed by atoms with Crippen molar-refractivity contribution in [3.8, 4) is 0 Å². The van der Waals surface area contributed by atoms with E-state index in [9.17, 15) is 76.3 Å². The van der Waals surface area contributed by atoms with Crippen LogP contribution in [0.25, 0.3) is 0 Å². The van der Waals surface area contributed by atoms with Crippen molar-refractivity contribution in [2.75, 3.05) is 33.0 Å². The number of aliphatic hydroxyl groups excluding tert-OH is 14. The molecule has 23 nitrogen and oxygen atoms in total. The number of rotatable bonds is 17. The molecular formula is C51H82O23. The number of carbonyl (C=O) groups is 1. The van der Waals surface area contributed by atoms with Crippen molar-refractivity contribution in [2.24, 2.45) is 46.3 Å². The number of hydrogen-bond donors (Lipinski definition) is 14. The third kappa shape index (κ3) is 10.7. The zero-order valence-corrected chi connectivity index (χ0v) is 42.5. The molecule has 3 saturated carbocycles. The summed E-state index contributed by atoms with van der Waals surface area (Å²) >= 11 is 0. The first kappa shape index (κ1) is 58.4. The van der Waals surface area contributed by atoms with Crippen molar-refractivity contribution in [2.45, 2.75) is 208 Å². The lowest BCUT2D eigenvalue weighted by Gasteiger charge is -2.59. The predicted molar refractivity (Wildman–Crippen MR) is 251 cm³/mol. The predicted octanol–water partition coefficient (Wildman–Crippen LogP) is -3.39. The molecule has 74 heavy (non-hydrogen) atoms. The van der Waals surface area contributed by atoms with Gasteiger partial charge in [0.25, 0.3) is 0 Å². The summed E-state index contributed by atoms with van der Waals surface area (Å²) < 4.78 is 47.2. The summed E-state index contributed by atoms with van der Waals surface area (Å²) in [6, 6.07) is 0. The van der Waals surface area contributed by atoms with Crippen LogP contribution in [0.4, 0.5) is 0 Å². The molecule has 4 aliphatic heterocycles. The van der Waals surface area contributed by atoms with E-state index in [1.807, 2.05) is 6.08 Å². The SMILES string of the molecule is C=C(CC[C@@H](CO)[C@H]1CC(=O)[C@H]2[C@@H]3CC=C4[C@@H](O)[C@@H](O[C@@H]5O[C@H](CO)[C@@H](O[C@@H]6O[C@H](CO)[C@H](O)[C@H](O)[C@H]6O)[C@H](O[C@@H]6OC[C@@H](O)[C@@H](O[C@@H]7O[C@H](CO)[C@H](O)[C@H](O)[C@H]7O)[C@@H]6O)[C@H]5O)CC[C@]4(C)[C@H]3CC[C@]12C)C(C)C. The Morgan fingerprint density at radius 1 is 0.689 bits per heavy atom. The van der Waals surface area contributed by atoms with Crippen molar-refractivity contribution in [1.82, 2.24) is 0 Å². The lowest BCUT2D eigenvalue weighted by Crippen LogP contribution is -2.67. The van der Waals surface area contributed by atoms with Crippen molar-refractivity contribution < 1.29 is 114 Å². The highest BCUT2D eigenvalue weighted by Gasteiger charge is 2.64. The fourth-order valence-electron chi connectivity index (χ4n) is 14.0. The van der Waals surface area contributed by atoms with Crippen molar-refractivity contribution in [3.05, 3.63) is 23.8 Å². The summed E-state index contributed by atoms with van der Waals surface area (Å²) in [6.45, 7) is 9.66. The molecule has 0 unspecified atom stereocenters. The molecule has 8 aliphatic rings. The molecule has 0 spiro atoms. The highest BCUT2D eigenvalue weighted by molar-refractivity contribution is 5.85. The van der Waals surface area contributed by atoms with E-state index >= 15 is 0 Å². The normalized spacial score (nSPS) is 50.2. The first-order valence-electron chi connectivity index (χ1n) is 26.4. The van der Waals surface area contributed by atoms with E-state index in [-0.39, 0.29) is 53.8 Å². The number of allylic oxidation sites excluding steroid dienone is 2. The Bertz CT molecular complexity index is 1940. The Morgan fingerprint density at radius 2 is 1.24 bits per heavy atom. The van der Waals surface area contributed by atoms with Crippen molar-refractivity contribution in [1.29, 1.82) is 0 Å². The molecule has 23 heteroatoms. The summed E-state index contributed by atoms with van der Waals surface area (Å²) in [6.07, 6.45) is -29.0. The number of aliphatic hydroxyl groups is 14. The van der Waals surface area contributed by atoms with E-state index in [1.165, 1.54) is 0 Å². The average Bonchev–Trinajstić information content (AvgIpc) is 3.65. The molecule has 4 aliphatic carbocycles. The minimum atomic E-state index is -2.00. The van der Waals surface area contributed by atoms with Crippen LogP contribution in [0.15, 0.2) is 23.8 Å². The van der Waals surface area contributed by atoms with E-state index in [0.29, 0.717) is 25.2 Å². The second kappa shape index (κ2) is 23.5. The van der Waals surface area contributed by atoms with Crippen LogP contribution in [0.3, 0.4) is 0 Å². The first-order valence-corrected chi connectivity index (χ1v) is 26.4. The zero-order chi connectivity index (χ0) is 53.9. The van der Waals surface area contributed by atoms with Gasteiger partial charge >= 0.3 is 0 Å². The molecule has 4 saturated heterocycles. The van der Waals surface area contributed by atoms with Gasteiger partial charge in [0.15, 0.2) is 25.2 Å². The fourth-order valence-corrected chi connectivity index (χ4v) is 14.0. The maximum absolute atomic E-state index is 14.2. The van der Waals surface area contributed by atoms with Gasteiger partial charge in [0.1, 0.15) is 103 Å². The Hall–Kier alpha value is -1.73. The van der Waals surface area contributed by atoms with Crippen LogP contribution in [0.2, 0.25) is 0 Å². The van der Waals surface area contributed by atoms with E-state index in [0.717, 1.165) is 36.8 Å². The quantitative estimate of drug-likeness (QED) is 0.0632. The second-order valence-corrected chi connectivity index (χ2v) is 23.0. The maximum atomic E-state index is 14.2. The van der Waals surface area contributed by atoms with E-state index < -0.39 is 161 Å². The van der Waals surface area contributed by atoms with Gasteiger partial charge in [0.05, 0.1) is 32.5 Å². The van der Waals surface area contributed by atoms with Gasteiger partial charge in [-0.1, -0.05) is 45.9 Å². The summed E-state index contributed by atoms with van der Waals surface area (Å²) in [7, 11) is 0. The highest BCUT2D eigenvalue weighted by Crippen LogP contribution is 2.66. The summed E-state index contributed by atoms with van der Waals surface area (Å²) in [4.78, 5) is 14.2. The lowest BCUT2D eigenvalue weighted by atomic mass is 9.46. The molecule has 14 N–H and O–H groups in total. The minimum Gasteiger partial charge on any atom is -0.396 e. The van der Waals surface area contributed by atoms with Crippen LogP contribution in [-0.2, 0) is 42.7 Å². The summed E-state index contributed by atoms with van der Waals surface area (Å²) in [5.74, 6) is 0.395. The van der Waals surface area contributed by atoms with Crippen LogP contribution >= 0.6 is 0 Å². The second-order valence-electron chi connectivity index (χ2n) is 23.0. The summed E-state index contributed by atoms with van der Waals surface area (Å²) in [5.41, 5.74) is 1.02. The highest BCUT2D eigenvalue weighted by atomic mass is 16.8. The average molecular weight is 1060 g/mol. The molecule has 0 amide bonds. The van der Waals surface area contributed by atoms with Crippen LogP contribution in [0.1, 0.15) is 79.1 Å². The zero-order valence-electron chi connectivity index (χ0n) is 42.5. The lowest BCUT2D eigenvalue weighted by molar-refractivity contribution is -0.392. The molecule has 0 aromatic heterocycles. The first-order chi connectivity index (χ1) is 35.0. The molecule has 424 valence electrons. The van der Waals surface area contributed by atoms with Crippen molar-refractivity contribution in [3.63, 3.8) is 0 Å². The van der Waals surface area contributed by atoms with Gasteiger partial charge in [-0.05, 0) is 90.9 Å². The molecule has 28 atom stereocenters. The number of ether oxygens (including phenoxy) is 8. The topological polar surface area (TPSA) is 374 Å². The number of ketones is 1. The van der Waals surface area contributed by atoms with E-state index in [2.05, 4.69) is 34.3 Å². The Labute approximate surface area is 430 Å². The molecule has 0 aromatic carbocycles. The van der Waals surface area contributed by atoms with Gasteiger partial charge in [0, 0.05) is 18.9 Å². The number of carbonyl (C=O) groups excluding carboxylic acids is 1. The molecule has 0 radical (unpaired) electrons. The van der Waals surface area contributed by atoms with Crippen molar-refractivity contribution >= 4 is 5.78 Å². The third-order valence-electron chi connectivity index (χ3n) is 18.5. The number of hydrogen-bond acceptors (Lipinski definition) is 23. The maximum Gasteiger partial charge on any atom is 0.187 e. The molecular weight excluding hydrogens is 981 g/mol. The molecule has 0 aromatic rings. The minimum absolute atomic E-state index is 0.00324. The smallest absolute Gasteiger partial charge is 0.187 e. The molecule has 8 rings (SSSR count). The van der Waals surface area contributed by atoms with Gasteiger partial charge in [-0.25, -0.2) is 0 Å². The standard InChI is InChI=1S/C51H82O23/c1-20(2)21(3)6-7-22(15-52)26-14-27(56)33-23-8-9-25-34(58)29(11-13-50(25,4)24(23)10-12-51(26,33)5)68-49-42(66)45(44(32(18-55)71-49)73-48-40(64)38(62)36(60)31(17-54)70-48)74-46-41(65)43(28(57)19-67-46)72-47-39(63)37(61)35(59)30(16-53)69-47/h9,20,22-24,26,28-49,52-55,57-66H,3,6-8,10-19H2,1-2,4-5H3/t22-,23+,24-,26+,28+,29-,30+,31+,32+,33+,34+,35-,36-,37-,38-,39+,40+,41-,42+,43+,44+,45+,46-,47-,48-,49+,50+,51+/m0/s1. The van der Waals surface area contributed by atoms with Crippen LogP contribution in [-0.4, -0.2) is 239 Å². The third-order valence-corrected chi connectivity index (χ3v) is 18.5. The number of fused-ring (bicyclic) bond motifs is 5. The van der Waals surface area contributed by atoms with Gasteiger partial charge in [-0.15, -0.1) is 0 Å². The monoisotopic (exact) mass is 1060 g/mol. The van der Waals surface area contributed by atoms with Gasteiger partial charge < -0.3 is 109 Å². The molecule has 0 bridgehead atoms. The Morgan fingerprint density at radius 3 is 1.82 bits per heavy atom. The number of Topliss-reactive ketones (excluding diaryl/α,β-unsaturated/α-hetero) is 1. The van der Waals surface area contributed by atoms with Gasteiger partial charge in [-0.2, -0.15) is 0 Å².